The van der Waals surface area contributed by atoms with Crippen LogP contribution in [0, 0.1) is 5.82 Å². The molecule has 5 nitrogen and oxygen atoms in total. The van der Waals surface area contributed by atoms with Crippen LogP contribution in [0.3, 0.4) is 0 Å². The molecule has 2 aromatic heterocycles. The molecule has 3 aromatic rings. The van der Waals surface area contributed by atoms with Gasteiger partial charge in [0, 0.05) is 33.0 Å². The first kappa shape index (κ1) is 15.0. The van der Waals surface area contributed by atoms with Gasteiger partial charge in [-0.3, -0.25) is 9.48 Å². The van der Waals surface area contributed by atoms with Crippen molar-refractivity contribution in [3.05, 3.63) is 71.9 Å². The van der Waals surface area contributed by atoms with Gasteiger partial charge in [-0.2, -0.15) is 5.10 Å². The van der Waals surface area contributed by atoms with Gasteiger partial charge in [0.05, 0.1) is 6.20 Å². The lowest BCUT2D eigenvalue weighted by atomic mass is 10.2. The molecule has 0 radical (unpaired) electrons. The van der Waals surface area contributed by atoms with Crippen LogP contribution in [0.2, 0.25) is 0 Å². The largest absolute Gasteiger partial charge is 0.337 e. The number of benzene rings is 1. The predicted molar refractivity (Wildman–Crippen MR) is 84.7 cm³/mol. The Hall–Kier alpha value is -2.89. The zero-order chi connectivity index (χ0) is 16.4. The molecular formula is C17H17FN4O. The molecule has 6 heteroatoms. The first-order valence-corrected chi connectivity index (χ1v) is 7.21. The maximum Gasteiger partial charge on any atom is 0.259 e. The summed E-state index contributed by atoms with van der Waals surface area (Å²) in [6.07, 6.45) is 5.31. The molecule has 0 N–H and O–H groups in total. The van der Waals surface area contributed by atoms with Gasteiger partial charge in [-0.1, -0.05) is 12.1 Å². The summed E-state index contributed by atoms with van der Waals surface area (Å²) < 4.78 is 16.5. The number of halogens is 1. The molecule has 0 fully saturated rings. The second kappa shape index (κ2) is 6.08. The fourth-order valence-electron chi connectivity index (χ4n) is 2.50. The minimum atomic E-state index is -0.287. The van der Waals surface area contributed by atoms with Crippen molar-refractivity contribution in [3.8, 4) is 5.82 Å². The molecule has 0 bridgehead atoms. The van der Waals surface area contributed by atoms with Crippen LogP contribution in [-0.4, -0.2) is 32.2 Å². The number of carbonyl (C=O) groups excluding carboxylic acids is 1. The van der Waals surface area contributed by atoms with Crippen LogP contribution >= 0.6 is 0 Å². The maximum atomic E-state index is 13.0. The van der Waals surface area contributed by atoms with Gasteiger partial charge < -0.3 is 9.47 Å². The van der Waals surface area contributed by atoms with Crippen LogP contribution < -0.4 is 0 Å². The average molecular weight is 312 g/mol. The second-order valence-corrected chi connectivity index (χ2v) is 5.38. The second-order valence-electron chi connectivity index (χ2n) is 5.38. The first-order chi connectivity index (χ1) is 11.1. The molecule has 0 spiro atoms. The molecule has 2 heterocycles. The third-order valence-electron chi connectivity index (χ3n) is 3.67. The number of amides is 1. The molecule has 0 atom stereocenters. The van der Waals surface area contributed by atoms with Crippen molar-refractivity contribution >= 4 is 5.91 Å². The number of hydrogen-bond acceptors (Lipinski definition) is 2. The van der Waals surface area contributed by atoms with Crippen molar-refractivity contribution in [2.75, 3.05) is 7.05 Å². The Morgan fingerprint density at radius 1 is 1.22 bits per heavy atom. The van der Waals surface area contributed by atoms with E-state index in [2.05, 4.69) is 5.10 Å². The standard InChI is InChI=1S/C17H17FN4O/c1-20(12-13-5-7-14(18)8-6-13)17(23)15-11-19-21(2)16(15)22-9-3-4-10-22/h3-11H,12H2,1-2H3. The molecule has 0 saturated carbocycles. The van der Waals surface area contributed by atoms with Crippen LogP contribution in [0.4, 0.5) is 4.39 Å². The van der Waals surface area contributed by atoms with E-state index in [-0.39, 0.29) is 11.7 Å². The number of aromatic nitrogens is 3. The van der Waals surface area contributed by atoms with Gasteiger partial charge in [-0.15, -0.1) is 0 Å². The average Bonchev–Trinajstić information content (AvgIpc) is 3.17. The number of rotatable bonds is 4. The highest BCUT2D eigenvalue weighted by atomic mass is 19.1. The van der Waals surface area contributed by atoms with E-state index in [0.717, 1.165) is 5.56 Å². The third-order valence-corrected chi connectivity index (χ3v) is 3.67. The van der Waals surface area contributed by atoms with Gasteiger partial charge in [0.1, 0.15) is 17.2 Å². The zero-order valence-electron chi connectivity index (χ0n) is 13.0. The van der Waals surface area contributed by atoms with E-state index < -0.39 is 0 Å². The van der Waals surface area contributed by atoms with Crippen LogP contribution in [0.15, 0.2) is 55.0 Å². The lowest BCUT2D eigenvalue weighted by Gasteiger charge is -2.18. The van der Waals surface area contributed by atoms with Crippen molar-refractivity contribution in [2.24, 2.45) is 7.05 Å². The third kappa shape index (κ3) is 3.01. The van der Waals surface area contributed by atoms with Crippen LogP contribution in [0.5, 0.6) is 0 Å². The topological polar surface area (TPSA) is 43.1 Å². The smallest absolute Gasteiger partial charge is 0.259 e. The Morgan fingerprint density at radius 2 is 1.87 bits per heavy atom. The van der Waals surface area contributed by atoms with Gasteiger partial charge in [0.2, 0.25) is 0 Å². The molecule has 23 heavy (non-hydrogen) atoms. The highest BCUT2D eigenvalue weighted by molar-refractivity contribution is 5.96. The molecule has 0 unspecified atom stereocenters. The fraction of sp³-hybridized carbons (Fsp3) is 0.176. The van der Waals surface area contributed by atoms with E-state index in [1.54, 1.807) is 42.0 Å². The highest BCUT2D eigenvalue weighted by Crippen LogP contribution is 2.17. The monoisotopic (exact) mass is 312 g/mol. The van der Waals surface area contributed by atoms with Crippen molar-refractivity contribution in [1.29, 1.82) is 0 Å². The summed E-state index contributed by atoms with van der Waals surface area (Å²) in [6.45, 7) is 0.402. The van der Waals surface area contributed by atoms with Crippen molar-refractivity contribution in [3.63, 3.8) is 0 Å². The summed E-state index contributed by atoms with van der Waals surface area (Å²) >= 11 is 0. The fourth-order valence-corrected chi connectivity index (χ4v) is 2.50. The minimum absolute atomic E-state index is 0.133. The minimum Gasteiger partial charge on any atom is -0.337 e. The van der Waals surface area contributed by atoms with Crippen molar-refractivity contribution in [1.82, 2.24) is 19.2 Å². The Bertz CT molecular complexity index is 806. The molecule has 0 aliphatic heterocycles. The van der Waals surface area contributed by atoms with Crippen LogP contribution in [0.25, 0.3) is 5.82 Å². The zero-order valence-corrected chi connectivity index (χ0v) is 13.0. The van der Waals surface area contributed by atoms with Crippen LogP contribution in [-0.2, 0) is 13.6 Å². The number of aryl methyl sites for hydroxylation is 1. The molecule has 1 aromatic carbocycles. The van der Waals surface area contributed by atoms with E-state index in [4.69, 9.17) is 0 Å². The van der Waals surface area contributed by atoms with Crippen molar-refractivity contribution < 1.29 is 9.18 Å². The van der Waals surface area contributed by atoms with Gasteiger partial charge >= 0.3 is 0 Å². The summed E-state index contributed by atoms with van der Waals surface area (Å²) in [5, 5.41) is 4.19. The Balaban J connectivity index is 1.84. The summed E-state index contributed by atoms with van der Waals surface area (Å²) in [5.74, 6) is 0.293. The number of nitrogens with zero attached hydrogens (tertiary/aromatic N) is 4. The highest BCUT2D eigenvalue weighted by Gasteiger charge is 2.20. The lowest BCUT2D eigenvalue weighted by molar-refractivity contribution is 0.0785. The molecule has 0 aliphatic carbocycles. The van der Waals surface area contributed by atoms with Crippen molar-refractivity contribution in [2.45, 2.75) is 6.54 Å². The van der Waals surface area contributed by atoms with Crippen LogP contribution in [0.1, 0.15) is 15.9 Å². The SMILES string of the molecule is CN(Cc1ccc(F)cc1)C(=O)c1cnn(C)c1-n1cccc1. The van der Waals surface area contributed by atoms with Gasteiger partial charge in [-0.05, 0) is 29.8 Å². The Labute approximate surface area is 133 Å². The molecule has 3 rings (SSSR count). The normalized spacial score (nSPS) is 10.7. The summed E-state index contributed by atoms with van der Waals surface area (Å²) in [4.78, 5) is 14.3. The van der Waals surface area contributed by atoms with Gasteiger partial charge in [0.25, 0.3) is 5.91 Å². The van der Waals surface area contributed by atoms with E-state index in [1.165, 1.54) is 12.1 Å². The molecule has 0 saturated heterocycles. The summed E-state index contributed by atoms with van der Waals surface area (Å²) in [5.41, 5.74) is 1.39. The number of carbonyl (C=O) groups is 1. The lowest BCUT2D eigenvalue weighted by Crippen LogP contribution is -2.27. The van der Waals surface area contributed by atoms with E-state index in [1.807, 2.05) is 29.1 Å². The Morgan fingerprint density at radius 3 is 2.52 bits per heavy atom. The van der Waals surface area contributed by atoms with Gasteiger partial charge in [-0.25, -0.2) is 4.39 Å². The van der Waals surface area contributed by atoms with E-state index >= 15 is 0 Å². The molecule has 118 valence electrons. The quantitative estimate of drug-likeness (QED) is 0.743. The first-order valence-electron chi connectivity index (χ1n) is 7.21. The summed E-state index contributed by atoms with van der Waals surface area (Å²) in [7, 11) is 3.52. The van der Waals surface area contributed by atoms with Gasteiger partial charge in [0.15, 0.2) is 0 Å². The predicted octanol–water partition coefficient (Wildman–Crippen LogP) is 2.62. The molecule has 1 amide bonds. The number of hydrogen-bond donors (Lipinski definition) is 0. The maximum absolute atomic E-state index is 13.0. The molecule has 0 aliphatic rings. The molecular weight excluding hydrogens is 295 g/mol. The van der Waals surface area contributed by atoms with E-state index in [9.17, 15) is 9.18 Å². The Kier molecular flexibility index (Phi) is 3.97. The van der Waals surface area contributed by atoms with E-state index in [0.29, 0.717) is 17.9 Å². The summed E-state index contributed by atoms with van der Waals surface area (Å²) in [6, 6.07) is 9.92.